The summed E-state index contributed by atoms with van der Waals surface area (Å²) >= 11 is 6.05. The van der Waals surface area contributed by atoms with Crippen LogP contribution in [0.4, 0.5) is 0 Å². The van der Waals surface area contributed by atoms with Gasteiger partial charge in [0.05, 0.1) is 17.6 Å². The van der Waals surface area contributed by atoms with Crippen molar-refractivity contribution in [1.82, 2.24) is 4.90 Å². The van der Waals surface area contributed by atoms with Crippen LogP contribution < -0.4 is 5.73 Å². The Balaban J connectivity index is 1.85. The Morgan fingerprint density at radius 3 is 2.57 bits per heavy atom. The van der Waals surface area contributed by atoms with E-state index < -0.39 is 0 Å². The first-order valence-electron chi connectivity index (χ1n) is 7.73. The van der Waals surface area contributed by atoms with Crippen LogP contribution in [0.2, 0.25) is 5.02 Å². The van der Waals surface area contributed by atoms with Crippen molar-refractivity contribution in [2.24, 2.45) is 10.7 Å². The van der Waals surface area contributed by atoms with Gasteiger partial charge in [-0.15, -0.1) is 0 Å². The molecule has 1 heterocycles. The molecule has 1 aliphatic heterocycles. The van der Waals surface area contributed by atoms with Crippen molar-refractivity contribution in [3.63, 3.8) is 0 Å². The van der Waals surface area contributed by atoms with Crippen LogP contribution >= 0.6 is 11.6 Å². The average Bonchev–Trinajstić information content (AvgIpc) is 2.69. The van der Waals surface area contributed by atoms with Crippen LogP contribution in [-0.4, -0.2) is 28.6 Å². The van der Waals surface area contributed by atoms with E-state index in [1.165, 1.54) is 38.5 Å². The highest BCUT2D eigenvalue weighted by Crippen LogP contribution is 2.35. The molecule has 114 valence electrons. The van der Waals surface area contributed by atoms with Crippen molar-refractivity contribution in [1.29, 1.82) is 0 Å². The number of guanidine groups is 1. The standard InChI is InChI=1S/C16H22ClN3O/c17-13-9-11(7-8-15(13)21)14-10-19-16(18)20(14)12-5-3-1-2-4-6-12/h7-9,12,14,21H,1-6,10H2,(H2,18,19). The number of halogens is 1. The molecule has 0 bridgehead atoms. The minimum Gasteiger partial charge on any atom is -0.506 e. The van der Waals surface area contributed by atoms with E-state index in [1.54, 1.807) is 6.07 Å². The quantitative estimate of drug-likeness (QED) is 0.823. The fraction of sp³-hybridized carbons (Fsp3) is 0.562. The third-order valence-corrected chi connectivity index (χ3v) is 4.90. The Kier molecular flexibility index (Phi) is 4.24. The number of nitrogens with zero attached hydrogens (tertiary/aromatic N) is 2. The number of hydrogen-bond acceptors (Lipinski definition) is 4. The molecule has 1 fully saturated rings. The van der Waals surface area contributed by atoms with Crippen LogP contribution in [-0.2, 0) is 0 Å². The summed E-state index contributed by atoms with van der Waals surface area (Å²) in [5, 5.41) is 9.98. The highest BCUT2D eigenvalue weighted by atomic mass is 35.5. The van der Waals surface area contributed by atoms with Crippen molar-refractivity contribution >= 4 is 17.6 Å². The van der Waals surface area contributed by atoms with Gasteiger partial charge in [-0.1, -0.05) is 43.4 Å². The summed E-state index contributed by atoms with van der Waals surface area (Å²) in [6.45, 7) is 0.670. The number of phenolic OH excluding ortho intramolecular Hbond substituents is 1. The molecular weight excluding hydrogens is 286 g/mol. The summed E-state index contributed by atoms with van der Waals surface area (Å²) in [7, 11) is 0. The van der Waals surface area contributed by atoms with Gasteiger partial charge >= 0.3 is 0 Å². The van der Waals surface area contributed by atoms with Crippen molar-refractivity contribution in [2.45, 2.75) is 50.6 Å². The number of phenols is 1. The first-order valence-corrected chi connectivity index (χ1v) is 8.11. The zero-order valence-corrected chi connectivity index (χ0v) is 12.9. The SMILES string of the molecule is NC1=NCC(c2ccc(O)c(Cl)c2)N1C1CCCCCC1. The topological polar surface area (TPSA) is 61.9 Å². The van der Waals surface area contributed by atoms with Crippen molar-refractivity contribution < 1.29 is 5.11 Å². The van der Waals surface area contributed by atoms with Crippen molar-refractivity contribution in [3.8, 4) is 5.75 Å². The highest BCUT2D eigenvalue weighted by Gasteiger charge is 2.33. The van der Waals surface area contributed by atoms with Crippen molar-refractivity contribution in [3.05, 3.63) is 28.8 Å². The molecule has 1 aromatic rings. The molecule has 0 radical (unpaired) electrons. The third-order valence-electron chi connectivity index (χ3n) is 4.60. The van der Waals surface area contributed by atoms with Gasteiger partial charge in [-0.2, -0.15) is 0 Å². The van der Waals surface area contributed by atoms with Crippen LogP contribution in [0.5, 0.6) is 5.75 Å². The molecule has 1 aromatic carbocycles. The lowest BCUT2D eigenvalue weighted by Crippen LogP contribution is -2.43. The zero-order valence-electron chi connectivity index (χ0n) is 12.1. The van der Waals surface area contributed by atoms with Gasteiger partial charge < -0.3 is 15.7 Å². The zero-order chi connectivity index (χ0) is 14.8. The van der Waals surface area contributed by atoms with Crippen LogP contribution in [0.15, 0.2) is 23.2 Å². The van der Waals surface area contributed by atoms with Gasteiger partial charge in [0.15, 0.2) is 5.96 Å². The number of aromatic hydroxyl groups is 1. The Morgan fingerprint density at radius 1 is 1.19 bits per heavy atom. The largest absolute Gasteiger partial charge is 0.506 e. The summed E-state index contributed by atoms with van der Waals surface area (Å²) in [4.78, 5) is 6.72. The molecule has 1 aliphatic carbocycles. The van der Waals surface area contributed by atoms with E-state index >= 15 is 0 Å². The molecule has 0 amide bonds. The van der Waals surface area contributed by atoms with Crippen LogP contribution in [0.25, 0.3) is 0 Å². The van der Waals surface area contributed by atoms with Gasteiger partial charge in [-0.25, -0.2) is 0 Å². The summed E-state index contributed by atoms with van der Waals surface area (Å²) in [6, 6.07) is 6.02. The molecule has 0 saturated heterocycles. The van der Waals surface area contributed by atoms with Crippen LogP contribution in [0.3, 0.4) is 0 Å². The maximum atomic E-state index is 9.59. The predicted molar refractivity (Wildman–Crippen MR) is 85.7 cm³/mol. The molecule has 3 rings (SSSR count). The van der Waals surface area contributed by atoms with E-state index in [4.69, 9.17) is 17.3 Å². The third kappa shape index (κ3) is 2.95. The van der Waals surface area contributed by atoms with Crippen molar-refractivity contribution in [2.75, 3.05) is 6.54 Å². The molecule has 0 aromatic heterocycles. The second-order valence-corrected chi connectivity index (χ2v) is 6.39. The Hall–Kier alpha value is -1.42. The van der Waals surface area contributed by atoms with E-state index in [1.807, 2.05) is 12.1 Å². The number of nitrogens with two attached hydrogens (primary N) is 1. The second kappa shape index (κ2) is 6.14. The van der Waals surface area contributed by atoms with Crippen LogP contribution in [0, 0.1) is 0 Å². The monoisotopic (exact) mass is 307 g/mol. The van der Waals surface area contributed by atoms with Gasteiger partial charge in [0.25, 0.3) is 0 Å². The maximum absolute atomic E-state index is 9.59. The molecule has 0 spiro atoms. The van der Waals surface area contributed by atoms with E-state index in [-0.39, 0.29) is 11.8 Å². The Labute approximate surface area is 130 Å². The lowest BCUT2D eigenvalue weighted by Gasteiger charge is -2.34. The number of benzene rings is 1. The first-order chi connectivity index (χ1) is 10.2. The molecule has 5 heteroatoms. The summed E-state index contributed by atoms with van der Waals surface area (Å²) < 4.78 is 0. The normalized spacial score (nSPS) is 24.0. The fourth-order valence-electron chi connectivity index (χ4n) is 3.48. The molecule has 1 unspecified atom stereocenters. The number of aliphatic imine (C=N–C) groups is 1. The summed E-state index contributed by atoms with van der Waals surface area (Å²) in [5.74, 6) is 0.768. The lowest BCUT2D eigenvalue weighted by molar-refractivity contribution is 0.237. The van der Waals surface area contributed by atoms with Gasteiger partial charge in [0, 0.05) is 6.04 Å². The predicted octanol–water partition coefficient (Wildman–Crippen LogP) is 3.44. The van der Waals surface area contributed by atoms with Gasteiger partial charge in [-0.05, 0) is 30.5 Å². The average molecular weight is 308 g/mol. The summed E-state index contributed by atoms with van der Waals surface area (Å²) in [5.41, 5.74) is 7.23. The van der Waals surface area contributed by atoms with E-state index in [9.17, 15) is 5.11 Å². The summed E-state index contributed by atoms with van der Waals surface area (Å²) in [6.07, 6.45) is 7.51. The van der Waals surface area contributed by atoms with E-state index in [0.717, 1.165) is 5.56 Å². The highest BCUT2D eigenvalue weighted by molar-refractivity contribution is 6.32. The lowest BCUT2D eigenvalue weighted by atomic mass is 10.0. The maximum Gasteiger partial charge on any atom is 0.192 e. The van der Waals surface area contributed by atoms with Crippen LogP contribution in [0.1, 0.15) is 50.1 Å². The van der Waals surface area contributed by atoms with Gasteiger partial charge in [-0.3, -0.25) is 4.99 Å². The van der Waals surface area contributed by atoms with E-state index in [0.29, 0.717) is 23.6 Å². The smallest absolute Gasteiger partial charge is 0.192 e. The number of hydrogen-bond donors (Lipinski definition) is 2. The van der Waals surface area contributed by atoms with Gasteiger partial charge in [0.1, 0.15) is 5.75 Å². The molecule has 21 heavy (non-hydrogen) atoms. The molecule has 2 aliphatic rings. The Morgan fingerprint density at radius 2 is 1.90 bits per heavy atom. The molecule has 1 atom stereocenters. The first kappa shape index (κ1) is 14.5. The Bertz CT molecular complexity index is 538. The molecule has 3 N–H and O–H groups in total. The minimum absolute atomic E-state index is 0.119. The second-order valence-electron chi connectivity index (χ2n) is 5.98. The van der Waals surface area contributed by atoms with Gasteiger partial charge in [0.2, 0.25) is 0 Å². The molecule has 1 saturated carbocycles. The van der Waals surface area contributed by atoms with E-state index in [2.05, 4.69) is 9.89 Å². The number of rotatable bonds is 2. The fourth-order valence-corrected chi connectivity index (χ4v) is 3.67. The minimum atomic E-state index is 0.119. The molecule has 4 nitrogen and oxygen atoms in total. The molecular formula is C16H22ClN3O.